The van der Waals surface area contributed by atoms with Gasteiger partial charge in [-0.3, -0.25) is 4.79 Å². The summed E-state index contributed by atoms with van der Waals surface area (Å²) < 4.78 is 68.6. The van der Waals surface area contributed by atoms with E-state index in [2.05, 4.69) is 15.7 Å². The molecule has 0 saturated carbocycles. The van der Waals surface area contributed by atoms with E-state index >= 15 is 0 Å². The van der Waals surface area contributed by atoms with Crippen molar-refractivity contribution in [2.45, 2.75) is 44.6 Å². The highest BCUT2D eigenvalue weighted by atomic mass is 19.4. The van der Waals surface area contributed by atoms with Crippen LogP contribution < -0.4 is 10.6 Å². The second kappa shape index (κ2) is 8.84. The van der Waals surface area contributed by atoms with Crippen LogP contribution in [0.4, 0.5) is 27.8 Å². The predicted molar refractivity (Wildman–Crippen MR) is 111 cm³/mol. The SMILES string of the molecule is Cc1ccc([C@H]2C[C@@H](C(F)(F)F)n3ncc(CC(=O)NCc4ccc(F)c(F)c4)c3N2)cc1. The standard InChI is InChI=1S/C23H21F5N4O/c1-13-2-5-15(6-3-13)19-10-20(23(26,27)28)32-22(31-19)16(12-30-32)9-21(33)29-11-14-4-7-17(24)18(25)8-14/h2-8,12,19-20,31H,9-11H2,1H3,(H,29,33)/t19-,20+/m1/s1. The van der Waals surface area contributed by atoms with Gasteiger partial charge < -0.3 is 10.6 Å². The number of nitrogens with zero attached hydrogens (tertiary/aromatic N) is 2. The molecule has 2 N–H and O–H groups in total. The second-order valence-corrected chi connectivity index (χ2v) is 8.07. The number of benzene rings is 2. The third-order valence-electron chi connectivity index (χ3n) is 5.62. The third kappa shape index (κ3) is 4.99. The molecule has 0 fully saturated rings. The van der Waals surface area contributed by atoms with Gasteiger partial charge >= 0.3 is 6.18 Å². The van der Waals surface area contributed by atoms with Gasteiger partial charge in [0, 0.05) is 18.5 Å². The van der Waals surface area contributed by atoms with Crippen LogP contribution >= 0.6 is 0 Å². The van der Waals surface area contributed by atoms with Gasteiger partial charge in [-0.15, -0.1) is 0 Å². The number of carbonyl (C=O) groups excluding carboxylic acids is 1. The summed E-state index contributed by atoms with van der Waals surface area (Å²) in [4.78, 5) is 12.4. The summed E-state index contributed by atoms with van der Waals surface area (Å²) in [7, 11) is 0. The van der Waals surface area contributed by atoms with E-state index < -0.39 is 35.8 Å². The van der Waals surface area contributed by atoms with E-state index in [9.17, 15) is 26.7 Å². The first-order chi connectivity index (χ1) is 15.6. The molecule has 10 heteroatoms. The molecule has 0 saturated heterocycles. The average molecular weight is 464 g/mol. The van der Waals surface area contributed by atoms with Crippen molar-refractivity contribution in [1.29, 1.82) is 0 Å². The largest absolute Gasteiger partial charge is 0.410 e. The molecule has 0 bridgehead atoms. The molecule has 2 aromatic carbocycles. The molecule has 1 amide bonds. The minimum absolute atomic E-state index is 0.0515. The molecule has 2 heterocycles. The monoisotopic (exact) mass is 464 g/mol. The van der Waals surface area contributed by atoms with Gasteiger partial charge in [-0.05, 0) is 30.2 Å². The number of rotatable bonds is 5. The van der Waals surface area contributed by atoms with Gasteiger partial charge in [0.1, 0.15) is 5.82 Å². The number of carbonyl (C=O) groups is 1. The molecule has 3 aromatic rings. The van der Waals surface area contributed by atoms with Crippen molar-refractivity contribution in [2.24, 2.45) is 0 Å². The topological polar surface area (TPSA) is 59.0 Å². The molecule has 0 aliphatic carbocycles. The Morgan fingerprint density at radius 2 is 1.88 bits per heavy atom. The molecule has 0 radical (unpaired) electrons. The summed E-state index contributed by atoms with van der Waals surface area (Å²) in [6, 6.07) is 8.04. The molecule has 4 rings (SSSR count). The minimum atomic E-state index is -4.52. The highest BCUT2D eigenvalue weighted by Crippen LogP contribution is 2.44. The van der Waals surface area contributed by atoms with Crippen LogP contribution in [0.1, 0.15) is 40.8 Å². The highest BCUT2D eigenvalue weighted by Gasteiger charge is 2.46. The Labute approximate surface area is 186 Å². The Morgan fingerprint density at radius 3 is 2.55 bits per heavy atom. The van der Waals surface area contributed by atoms with Crippen molar-refractivity contribution < 1.29 is 26.7 Å². The van der Waals surface area contributed by atoms with Crippen LogP contribution in [-0.4, -0.2) is 21.9 Å². The van der Waals surface area contributed by atoms with E-state index in [0.29, 0.717) is 16.7 Å². The highest BCUT2D eigenvalue weighted by molar-refractivity contribution is 5.80. The first-order valence-corrected chi connectivity index (χ1v) is 10.3. The van der Waals surface area contributed by atoms with Crippen molar-refractivity contribution in [3.63, 3.8) is 0 Å². The summed E-state index contributed by atoms with van der Waals surface area (Å²) >= 11 is 0. The Morgan fingerprint density at radius 1 is 1.15 bits per heavy atom. The molecule has 0 unspecified atom stereocenters. The Hall–Kier alpha value is -3.43. The maximum Gasteiger partial charge on any atom is 0.410 e. The number of hydrogen-bond donors (Lipinski definition) is 2. The molecular formula is C23H21F5N4O. The molecule has 33 heavy (non-hydrogen) atoms. The van der Waals surface area contributed by atoms with Crippen molar-refractivity contribution in [3.05, 3.63) is 82.5 Å². The van der Waals surface area contributed by atoms with Crippen LogP contribution in [-0.2, 0) is 17.8 Å². The van der Waals surface area contributed by atoms with Gasteiger partial charge in [-0.1, -0.05) is 35.9 Å². The van der Waals surface area contributed by atoms with E-state index in [0.717, 1.165) is 22.4 Å². The molecule has 0 spiro atoms. The predicted octanol–water partition coefficient (Wildman–Crippen LogP) is 4.99. The van der Waals surface area contributed by atoms with Crippen molar-refractivity contribution in [3.8, 4) is 0 Å². The molecule has 2 atom stereocenters. The maximum atomic E-state index is 13.8. The number of hydrogen-bond acceptors (Lipinski definition) is 3. The van der Waals surface area contributed by atoms with Gasteiger partial charge in [0.25, 0.3) is 0 Å². The zero-order chi connectivity index (χ0) is 23.8. The zero-order valence-electron chi connectivity index (χ0n) is 17.6. The normalized spacial score (nSPS) is 17.9. The number of amides is 1. The summed E-state index contributed by atoms with van der Waals surface area (Å²) in [5.41, 5.74) is 2.36. The van der Waals surface area contributed by atoms with Crippen LogP contribution in [0.3, 0.4) is 0 Å². The van der Waals surface area contributed by atoms with Gasteiger partial charge in [-0.2, -0.15) is 18.3 Å². The Balaban J connectivity index is 1.52. The fraction of sp³-hybridized carbons (Fsp3) is 0.304. The molecule has 1 aliphatic rings. The van der Waals surface area contributed by atoms with E-state index in [4.69, 9.17) is 0 Å². The summed E-state index contributed by atoms with van der Waals surface area (Å²) in [6.45, 7) is 1.84. The van der Waals surface area contributed by atoms with Crippen LogP contribution in [0.5, 0.6) is 0 Å². The zero-order valence-corrected chi connectivity index (χ0v) is 17.6. The quantitative estimate of drug-likeness (QED) is 0.523. The van der Waals surface area contributed by atoms with E-state index in [1.54, 1.807) is 12.1 Å². The lowest BCUT2D eigenvalue weighted by Crippen LogP contribution is -2.36. The number of alkyl halides is 3. The van der Waals surface area contributed by atoms with E-state index in [-0.39, 0.29) is 25.2 Å². The molecular weight excluding hydrogens is 443 g/mol. The number of fused-ring (bicyclic) bond motifs is 1. The second-order valence-electron chi connectivity index (χ2n) is 8.07. The third-order valence-corrected chi connectivity index (χ3v) is 5.62. The lowest BCUT2D eigenvalue weighted by Gasteiger charge is -2.34. The van der Waals surface area contributed by atoms with Gasteiger partial charge in [0.2, 0.25) is 5.91 Å². The van der Waals surface area contributed by atoms with Crippen LogP contribution in [0.2, 0.25) is 0 Å². The number of aromatic nitrogens is 2. The van der Waals surface area contributed by atoms with Crippen molar-refractivity contribution in [1.82, 2.24) is 15.1 Å². The fourth-order valence-electron chi connectivity index (χ4n) is 3.85. The number of nitrogens with one attached hydrogen (secondary N) is 2. The van der Waals surface area contributed by atoms with Gasteiger partial charge in [0.15, 0.2) is 17.7 Å². The van der Waals surface area contributed by atoms with Crippen LogP contribution in [0.25, 0.3) is 0 Å². The number of aryl methyl sites for hydroxylation is 1. The number of halogens is 5. The first-order valence-electron chi connectivity index (χ1n) is 10.3. The van der Waals surface area contributed by atoms with Crippen LogP contribution in [0, 0.1) is 18.6 Å². The van der Waals surface area contributed by atoms with Crippen LogP contribution in [0.15, 0.2) is 48.7 Å². The average Bonchev–Trinajstić information content (AvgIpc) is 3.16. The number of anilines is 1. The Kier molecular flexibility index (Phi) is 6.09. The lowest BCUT2D eigenvalue weighted by atomic mass is 9.96. The van der Waals surface area contributed by atoms with Gasteiger partial charge in [0.05, 0.1) is 18.7 Å². The summed E-state index contributed by atoms with van der Waals surface area (Å²) in [5, 5.41) is 9.57. The Bertz CT molecular complexity index is 1160. The fourth-order valence-corrected chi connectivity index (χ4v) is 3.85. The molecule has 1 aromatic heterocycles. The van der Waals surface area contributed by atoms with E-state index in [1.165, 1.54) is 12.3 Å². The molecule has 1 aliphatic heterocycles. The summed E-state index contributed by atoms with van der Waals surface area (Å²) in [6.07, 6.45) is -3.73. The van der Waals surface area contributed by atoms with Crippen molar-refractivity contribution >= 4 is 11.7 Å². The summed E-state index contributed by atoms with van der Waals surface area (Å²) in [5.74, 6) is -2.38. The molecule has 5 nitrogen and oxygen atoms in total. The van der Waals surface area contributed by atoms with Crippen molar-refractivity contribution in [2.75, 3.05) is 5.32 Å². The van der Waals surface area contributed by atoms with Gasteiger partial charge in [-0.25, -0.2) is 13.5 Å². The minimum Gasteiger partial charge on any atom is -0.363 e. The first kappa shape index (κ1) is 22.8. The molecule has 174 valence electrons. The smallest absolute Gasteiger partial charge is 0.363 e. The van der Waals surface area contributed by atoms with E-state index in [1.807, 2.05) is 19.1 Å². The lowest BCUT2D eigenvalue weighted by molar-refractivity contribution is -0.173. The maximum absolute atomic E-state index is 13.8.